The van der Waals surface area contributed by atoms with E-state index in [2.05, 4.69) is 11.1 Å². The van der Waals surface area contributed by atoms with Crippen LogP contribution in [0.15, 0.2) is 42.5 Å². The molecule has 0 radical (unpaired) electrons. The summed E-state index contributed by atoms with van der Waals surface area (Å²) in [5.74, 6) is 0.852. The number of ether oxygens (including phenoxy) is 1. The highest BCUT2D eigenvalue weighted by atomic mass is 32.1. The van der Waals surface area contributed by atoms with E-state index >= 15 is 0 Å². The molecule has 0 saturated carbocycles. The monoisotopic (exact) mass is 323 g/mol. The van der Waals surface area contributed by atoms with Crippen molar-refractivity contribution >= 4 is 21.6 Å². The van der Waals surface area contributed by atoms with Crippen LogP contribution in [0.2, 0.25) is 0 Å². The van der Waals surface area contributed by atoms with Crippen LogP contribution >= 0.6 is 11.3 Å². The summed E-state index contributed by atoms with van der Waals surface area (Å²) >= 11 is 1.59. The molecular weight excluding hydrogens is 306 g/mol. The van der Waals surface area contributed by atoms with E-state index in [1.54, 1.807) is 17.4 Å². The first-order valence-electron chi connectivity index (χ1n) is 7.47. The third kappa shape index (κ3) is 3.50. The van der Waals surface area contributed by atoms with Gasteiger partial charge in [-0.05, 0) is 49.2 Å². The second kappa shape index (κ2) is 6.78. The summed E-state index contributed by atoms with van der Waals surface area (Å²) in [6.07, 6.45) is 0.660. The van der Waals surface area contributed by atoms with Crippen molar-refractivity contribution in [3.8, 4) is 11.8 Å². The van der Waals surface area contributed by atoms with Crippen molar-refractivity contribution in [1.82, 2.24) is 4.98 Å². The lowest BCUT2D eigenvalue weighted by Gasteiger charge is -2.08. The molecule has 3 aromatic rings. The molecule has 0 aliphatic carbocycles. The Labute approximate surface area is 139 Å². The third-order valence-electron chi connectivity index (χ3n) is 3.52. The molecule has 0 bridgehead atoms. The number of rotatable bonds is 5. The Morgan fingerprint density at radius 1 is 1.30 bits per heavy atom. The summed E-state index contributed by atoms with van der Waals surface area (Å²) in [5.41, 5.74) is 8.95. The number of nitriles is 1. The number of nitrogens with two attached hydrogens (primary N) is 1. The van der Waals surface area contributed by atoms with E-state index in [0.717, 1.165) is 26.5 Å². The smallest absolute Gasteiger partial charge is 0.120 e. The van der Waals surface area contributed by atoms with Crippen LogP contribution < -0.4 is 10.5 Å². The first kappa shape index (κ1) is 15.5. The van der Waals surface area contributed by atoms with Gasteiger partial charge in [0, 0.05) is 0 Å². The Balaban J connectivity index is 1.82. The van der Waals surface area contributed by atoms with E-state index in [0.29, 0.717) is 18.6 Å². The molecule has 2 N–H and O–H groups in total. The van der Waals surface area contributed by atoms with E-state index < -0.39 is 0 Å². The highest BCUT2D eigenvalue weighted by molar-refractivity contribution is 7.18. The quantitative estimate of drug-likeness (QED) is 0.775. The van der Waals surface area contributed by atoms with Crippen LogP contribution in [0, 0.1) is 11.3 Å². The molecule has 0 saturated heterocycles. The average Bonchev–Trinajstić information content (AvgIpc) is 2.99. The van der Waals surface area contributed by atoms with E-state index in [9.17, 15) is 0 Å². The first-order chi connectivity index (χ1) is 11.2. The van der Waals surface area contributed by atoms with E-state index in [1.165, 1.54) is 0 Å². The molecule has 5 heteroatoms. The Bertz CT molecular complexity index is 866. The SMILES string of the molecule is CCOc1ccc2nc(C(N)Cc3cccc(C#N)c3)sc2c1. The van der Waals surface area contributed by atoms with Crippen LogP contribution in [0.4, 0.5) is 0 Å². The largest absolute Gasteiger partial charge is 0.494 e. The van der Waals surface area contributed by atoms with Crippen molar-refractivity contribution in [2.24, 2.45) is 5.73 Å². The van der Waals surface area contributed by atoms with Gasteiger partial charge in [0.15, 0.2) is 0 Å². The fraction of sp³-hybridized carbons (Fsp3) is 0.222. The van der Waals surface area contributed by atoms with Crippen molar-refractivity contribution in [2.45, 2.75) is 19.4 Å². The van der Waals surface area contributed by atoms with Gasteiger partial charge in [0.1, 0.15) is 10.8 Å². The number of benzene rings is 2. The Morgan fingerprint density at radius 2 is 2.17 bits per heavy atom. The molecule has 23 heavy (non-hydrogen) atoms. The van der Waals surface area contributed by atoms with Crippen LogP contribution in [-0.4, -0.2) is 11.6 Å². The standard InChI is InChI=1S/C18H17N3OS/c1-2-22-14-6-7-16-17(10-14)23-18(21-16)15(20)9-12-4-3-5-13(8-12)11-19/h3-8,10,15H,2,9,20H2,1H3. The number of hydrogen-bond acceptors (Lipinski definition) is 5. The van der Waals surface area contributed by atoms with E-state index in [4.69, 9.17) is 15.7 Å². The fourth-order valence-corrected chi connectivity index (χ4v) is 3.44. The fourth-order valence-electron chi connectivity index (χ4n) is 2.45. The van der Waals surface area contributed by atoms with Crippen LogP contribution in [0.3, 0.4) is 0 Å². The van der Waals surface area contributed by atoms with Gasteiger partial charge in [0.05, 0.1) is 34.5 Å². The Hall–Kier alpha value is -2.42. The molecule has 3 rings (SSSR count). The minimum atomic E-state index is -0.183. The van der Waals surface area contributed by atoms with E-state index in [1.807, 2.05) is 43.3 Å². The van der Waals surface area contributed by atoms with Crippen molar-refractivity contribution in [1.29, 1.82) is 5.26 Å². The number of aromatic nitrogens is 1. The summed E-state index contributed by atoms with van der Waals surface area (Å²) in [7, 11) is 0. The normalized spacial score (nSPS) is 12.0. The molecule has 1 aromatic heterocycles. The second-order valence-electron chi connectivity index (χ2n) is 5.24. The number of hydrogen-bond donors (Lipinski definition) is 1. The molecule has 4 nitrogen and oxygen atoms in total. The molecule has 0 fully saturated rings. The maximum Gasteiger partial charge on any atom is 0.120 e. The first-order valence-corrected chi connectivity index (χ1v) is 8.29. The summed E-state index contributed by atoms with van der Waals surface area (Å²) in [5, 5.41) is 9.87. The zero-order valence-electron chi connectivity index (χ0n) is 12.8. The topological polar surface area (TPSA) is 71.9 Å². The molecule has 2 aromatic carbocycles. The Kier molecular flexibility index (Phi) is 4.56. The van der Waals surface area contributed by atoms with Gasteiger partial charge in [-0.25, -0.2) is 4.98 Å². The van der Waals surface area contributed by atoms with Crippen LogP contribution in [0.5, 0.6) is 5.75 Å². The van der Waals surface area contributed by atoms with Gasteiger partial charge >= 0.3 is 0 Å². The number of nitrogens with zero attached hydrogens (tertiary/aromatic N) is 2. The van der Waals surface area contributed by atoms with Crippen LogP contribution in [0.25, 0.3) is 10.2 Å². The number of fused-ring (bicyclic) bond motifs is 1. The third-order valence-corrected chi connectivity index (χ3v) is 4.67. The molecule has 116 valence electrons. The van der Waals surface area contributed by atoms with Crippen molar-refractivity contribution in [2.75, 3.05) is 6.61 Å². The number of thiazole rings is 1. The summed E-state index contributed by atoms with van der Waals surface area (Å²) in [6.45, 7) is 2.61. The minimum absolute atomic E-state index is 0.183. The molecule has 1 unspecified atom stereocenters. The summed E-state index contributed by atoms with van der Waals surface area (Å²) in [4.78, 5) is 4.63. The summed E-state index contributed by atoms with van der Waals surface area (Å²) in [6, 6.07) is 15.4. The molecule has 0 aliphatic heterocycles. The van der Waals surface area contributed by atoms with Gasteiger partial charge in [-0.1, -0.05) is 12.1 Å². The zero-order valence-corrected chi connectivity index (χ0v) is 13.6. The maximum absolute atomic E-state index is 8.97. The predicted molar refractivity (Wildman–Crippen MR) is 92.6 cm³/mol. The molecule has 0 aliphatic rings. The molecule has 1 atom stereocenters. The van der Waals surface area contributed by atoms with Gasteiger partial charge in [-0.15, -0.1) is 11.3 Å². The maximum atomic E-state index is 8.97. The highest BCUT2D eigenvalue weighted by Crippen LogP contribution is 2.30. The second-order valence-corrected chi connectivity index (χ2v) is 6.30. The van der Waals surface area contributed by atoms with Crippen LogP contribution in [0.1, 0.15) is 29.1 Å². The summed E-state index contributed by atoms with van der Waals surface area (Å²) < 4.78 is 6.60. The molecule has 0 spiro atoms. The molecular formula is C18H17N3OS. The van der Waals surface area contributed by atoms with Gasteiger partial charge in [0.2, 0.25) is 0 Å². The lowest BCUT2D eigenvalue weighted by atomic mass is 10.0. The van der Waals surface area contributed by atoms with Gasteiger partial charge in [0.25, 0.3) is 0 Å². The van der Waals surface area contributed by atoms with Crippen molar-refractivity contribution in [3.05, 3.63) is 58.6 Å². The van der Waals surface area contributed by atoms with Crippen molar-refractivity contribution < 1.29 is 4.74 Å². The highest BCUT2D eigenvalue weighted by Gasteiger charge is 2.13. The predicted octanol–water partition coefficient (Wildman–Crippen LogP) is 3.81. The molecule has 0 amide bonds. The van der Waals surface area contributed by atoms with Crippen molar-refractivity contribution in [3.63, 3.8) is 0 Å². The van der Waals surface area contributed by atoms with E-state index in [-0.39, 0.29) is 6.04 Å². The lowest BCUT2D eigenvalue weighted by Crippen LogP contribution is -2.13. The minimum Gasteiger partial charge on any atom is -0.494 e. The lowest BCUT2D eigenvalue weighted by molar-refractivity contribution is 0.341. The van der Waals surface area contributed by atoms with Gasteiger partial charge in [-0.3, -0.25) is 0 Å². The average molecular weight is 323 g/mol. The van der Waals surface area contributed by atoms with Gasteiger partial charge < -0.3 is 10.5 Å². The Morgan fingerprint density at radius 3 is 2.96 bits per heavy atom. The van der Waals surface area contributed by atoms with Gasteiger partial charge in [-0.2, -0.15) is 5.26 Å². The zero-order chi connectivity index (χ0) is 16.2. The molecule has 1 heterocycles. The van der Waals surface area contributed by atoms with Crippen LogP contribution in [-0.2, 0) is 6.42 Å².